The molecule has 0 fully saturated rings. The minimum atomic E-state index is -4.87. The summed E-state index contributed by atoms with van der Waals surface area (Å²) in [7, 11) is -3.49. The van der Waals surface area contributed by atoms with Gasteiger partial charge in [-0.05, 0) is 53.8 Å². The molecular formula is C22H17Cl3F3NO4S. The van der Waals surface area contributed by atoms with E-state index in [-0.39, 0.29) is 20.6 Å². The molecule has 182 valence electrons. The minimum absolute atomic E-state index is 0.0229. The van der Waals surface area contributed by atoms with Crippen molar-refractivity contribution < 1.29 is 31.2 Å². The Bertz CT molecular complexity index is 1280. The quantitative estimate of drug-likeness (QED) is 0.285. The van der Waals surface area contributed by atoms with Gasteiger partial charge in [-0.25, -0.2) is 8.42 Å². The molecule has 2 aromatic rings. The molecule has 1 amide bonds. The van der Waals surface area contributed by atoms with Gasteiger partial charge in [0.05, 0.1) is 26.7 Å². The molecule has 0 heterocycles. The molecule has 5 nitrogen and oxygen atoms in total. The number of benzene rings is 2. The van der Waals surface area contributed by atoms with Gasteiger partial charge in [0.25, 0.3) is 0 Å². The van der Waals surface area contributed by atoms with Crippen LogP contribution in [-0.4, -0.2) is 38.3 Å². The Morgan fingerprint density at radius 3 is 2.26 bits per heavy atom. The van der Waals surface area contributed by atoms with E-state index < -0.39 is 50.6 Å². The summed E-state index contributed by atoms with van der Waals surface area (Å²) in [5.74, 6) is -2.19. The van der Waals surface area contributed by atoms with Crippen molar-refractivity contribution in [2.24, 2.45) is 0 Å². The molecule has 0 radical (unpaired) electrons. The predicted molar refractivity (Wildman–Crippen MR) is 125 cm³/mol. The highest BCUT2D eigenvalue weighted by molar-refractivity contribution is 7.91. The standard InChI is InChI=1S/C22H17Cl3F3NO4S/c1-34(32,33)10-20(31)29-18-5-3-11-6-12(2-4-14(11)18)19(30)9-15(22(26,27)28)13-7-16(23)21(25)17(24)8-13/h2,4,6-9,18H,3,5,10H2,1H3,(H,29,31). The molecule has 0 saturated carbocycles. The maximum Gasteiger partial charge on any atom is 0.417 e. The van der Waals surface area contributed by atoms with E-state index in [0.717, 1.165) is 18.4 Å². The first-order valence-corrected chi connectivity index (χ1v) is 12.9. The third kappa shape index (κ3) is 6.33. The van der Waals surface area contributed by atoms with Crippen molar-refractivity contribution in [2.45, 2.75) is 25.1 Å². The zero-order chi connectivity index (χ0) is 25.4. The van der Waals surface area contributed by atoms with E-state index in [0.29, 0.717) is 30.0 Å². The molecule has 0 saturated heterocycles. The van der Waals surface area contributed by atoms with E-state index in [4.69, 9.17) is 34.8 Å². The highest BCUT2D eigenvalue weighted by Crippen LogP contribution is 2.40. The van der Waals surface area contributed by atoms with Crippen molar-refractivity contribution in [2.75, 3.05) is 12.0 Å². The topological polar surface area (TPSA) is 80.3 Å². The number of amides is 1. The normalized spacial score (nSPS) is 16.3. The lowest BCUT2D eigenvalue weighted by atomic mass is 9.98. The number of hydrogen-bond donors (Lipinski definition) is 1. The van der Waals surface area contributed by atoms with Crippen LogP contribution in [0.1, 0.15) is 39.5 Å². The molecule has 1 aliphatic rings. The molecule has 0 aliphatic heterocycles. The number of rotatable bonds is 6. The summed E-state index contributed by atoms with van der Waals surface area (Å²) >= 11 is 17.5. The number of carbonyl (C=O) groups is 2. The predicted octanol–water partition coefficient (Wildman–Crippen LogP) is 5.62. The summed E-state index contributed by atoms with van der Waals surface area (Å²) < 4.78 is 63.8. The van der Waals surface area contributed by atoms with Gasteiger partial charge in [-0.3, -0.25) is 9.59 Å². The molecule has 12 heteroatoms. The van der Waals surface area contributed by atoms with Crippen LogP contribution in [0.3, 0.4) is 0 Å². The Kier molecular flexibility index (Phi) is 7.72. The number of fused-ring (bicyclic) bond motifs is 1. The van der Waals surface area contributed by atoms with Crippen LogP contribution in [0.5, 0.6) is 0 Å². The second-order valence-electron chi connectivity index (χ2n) is 7.82. The number of aryl methyl sites for hydroxylation is 1. The van der Waals surface area contributed by atoms with Gasteiger partial charge in [-0.1, -0.05) is 46.9 Å². The fraction of sp³-hybridized carbons (Fsp3) is 0.273. The van der Waals surface area contributed by atoms with E-state index in [2.05, 4.69) is 5.32 Å². The Morgan fingerprint density at radius 1 is 1.09 bits per heavy atom. The smallest absolute Gasteiger partial charge is 0.348 e. The summed E-state index contributed by atoms with van der Waals surface area (Å²) in [5, 5.41) is 2.16. The highest BCUT2D eigenvalue weighted by atomic mass is 35.5. The van der Waals surface area contributed by atoms with Crippen molar-refractivity contribution in [3.63, 3.8) is 0 Å². The Balaban J connectivity index is 1.89. The second kappa shape index (κ2) is 9.89. The molecule has 1 atom stereocenters. The first kappa shape index (κ1) is 26.5. The summed E-state index contributed by atoms with van der Waals surface area (Å²) in [6.07, 6.45) is -2.53. The van der Waals surface area contributed by atoms with E-state index in [1.807, 2.05) is 0 Å². The largest absolute Gasteiger partial charge is 0.417 e. The number of carbonyl (C=O) groups excluding carboxylic acids is 2. The van der Waals surface area contributed by atoms with Gasteiger partial charge < -0.3 is 5.32 Å². The van der Waals surface area contributed by atoms with Gasteiger partial charge in [0.1, 0.15) is 5.75 Å². The van der Waals surface area contributed by atoms with Crippen LogP contribution < -0.4 is 5.32 Å². The Morgan fingerprint density at radius 2 is 1.71 bits per heavy atom. The van der Waals surface area contributed by atoms with E-state index >= 15 is 0 Å². The maximum absolute atomic E-state index is 13.7. The number of alkyl halides is 3. The summed E-state index contributed by atoms with van der Waals surface area (Å²) in [6, 6.07) is 5.87. The fourth-order valence-corrected chi connectivity index (χ4v) is 4.80. The Labute approximate surface area is 208 Å². The van der Waals surface area contributed by atoms with Crippen LogP contribution in [0.25, 0.3) is 5.57 Å². The minimum Gasteiger partial charge on any atom is -0.348 e. The first-order valence-electron chi connectivity index (χ1n) is 9.74. The van der Waals surface area contributed by atoms with Gasteiger partial charge >= 0.3 is 6.18 Å². The van der Waals surface area contributed by atoms with Crippen LogP contribution in [0.15, 0.2) is 36.4 Å². The van der Waals surface area contributed by atoms with Crippen molar-refractivity contribution in [1.29, 1.82) is 0 Å². The van der Waals surface area contributed by atoms with E-state index in [1.54, 1.807) is 0 Å². The van der Waals surface area contributed by atoms with Crippen LogP contribution in [-0.2, 0) is 21.1 Å². The number of allylic oxidation sites excluding steroid dienone is 2. The molecule has 0 aromatic heterocycles. The summed E-state index contributed by atoms with van der Waals surface area (Å²) in [4.78, 5) is 24.7. The van der Waals surface area contributed by atoms with Crippen molar-refractivity contribution in [3.8, 4) is 0 Å². The molecule has 1 N–H and O–H groups in total. The second-order valence-corrected chi connectivity index (χ2v) is 11.1. The van der Waals surface area contributed by atoms with E-state index in [9.17, 15) is 31.2 Å². The number of sulfone groups is 1. The third-order valence-electron chi connectivity index (χ3n) is 5.11. The fourth-order valence-electron chi connectivity index (χ4n) is 3.65. The molecular weight excluding hydrogens is 538 g/mol. The summed E-state index contributed by atoms with van der Waals surface area (Å²) in [6.45, 7) is 0. The van der Waals surface area contributed by atoms with Gasteiger partial charge in [-0.15, -0.1) is 0 Å². The third-order valence-corrected chi connectivity index (χ3v) is 7.09. The maximum atomic E-state index is 13.7. The van der Waals surface area contributed by atoms with Crippen molar-refractivity contribution in [3.05, 3.63) is 73.7 Å². The zero-order valence-electron chi connectivity index (χ0n) is 17.5. The molecule has 0 bridgehead atoms. The average Bonchev–Trinajstić information content (AvgIpc) is 3.09. The monoisotopic (exact) mass is 553 g/mol. The number of nitrogens with one attached hydrogen (secondary N) is 1. The van der Waals surface area contributed by atoms with Crippen LogP contribution in [0.2, 0.25) is 15.1 Å². The van der Waals surface area contributed by atoms with Crippen LogP contribution in [0.4, 0.5) is 13.2 Å². The van der Waals surface area contributed by atoms with Gasteiger partial charge in [-0.2, -0.15) is 13.2 Å². The van der Waals surface area contributed by atoms with Crippen LogP contribution >= 0.6 is 34.8 Å². The number of ketones is 1. The van der Waals surface area contributed by atoms with Crippen molar-refractivity contribution >= 4 is 61.9 Å². The average molecular weight is 555 g/mol. The zero-order valence-corrected chi connectivity index (χ0v) is 20.6. The number of hydrogen-bond acceptors (Lipinski definition) is 4. The van der Waals surface area contributed by atoms with E-state index in [1.165, 1.54) is 18.2 Å². The van der Waals surface area contributed by atoms with Crippen LogP contribution in [0, 0.1) is 0 Å². The van der Waals surface area contributed by atoms with Gasteiger partial charge in [0.2, 0.25) is 5.91 Å². The molecule has 1 unspecified atom stereocenters. The molecule has 1 aliphatic carbocycles. The van der Waals surface area contributed by atoms with Gasteiger partial charge in [0, 0.05) is 11.8 Å². The molecule has 0 spiro atoms. The molecule has 2 aromatic carbocycles. The molecule has 34 heavy (non-hydrogen) atoms. The number of halogens is 6. The van der Waals surface area contributed by atoms with Gasteiger partial charge in [0.15, 0.2) is 15.6 Å². The lowest BCUT2D eigenvalue weighted by molar-refractivity contribution is -0.119. The summed E-state index contributed by atoms with van der Waals surface area (Å²) in [5.41, 5.74) is -0.265. The highest BCUT2D eigenvalue weighted by Gasteiger charge is 2.36. The SMILES string of the molecule is CS(=O)(=O)CC(=O)NC1CCc2cc(C(=O)C=C(c3cc(Cl)c(Cl)c(Cl)c3)C(F)(F)F)ccc21. The van der Waals surface area contributed by atoms with Crippen molar-refractivity contribution in [1.82, 2.24) is 5.32 Å². The lowest BCUT2D eigenvalue weighted by Crippen LogP contribution is -2.32. The lowest BCUT2D eigenvalue weighted by Gasteiger charge is -2.15. The molecule has 3 rings (SSSR count). The Hall–Kier alpha value is -2.07. The first-order chi connectivity index (χ1) is 15.7.